The molecule has 19 heavy (non-hydrogen) atoms. The third-order valence-electron chi connectivity index (χ3n) is 2.64. The fraction of sp³-hybridized carbons (Fsp3) is 0.417. The number of hydrogen-bond donors (Lipinski definition) is 2. The molecule has 0 aromatic heterocycles. The summed E-state index contributed by atoms with van der Waals surface area (Å²) in [6.07, 6.45) is -0.225. The summed E-state index contributed by atoms with van der Waals surface area (Å²) in [7, 11) is -3.64. The molecule has 7 heteroatoms. The summed E-state index contributed by atoms with van der Waals surface area (Å²) in [6, 6.07) is 6.48. The fourth-order valence-corrected chi connectivity index (χ4v) is 2.99. The second-order valence-corrected chi connectivity index (χ2v) is 5.59. The zero-order chi connectivity index (χ0) is 14.5. The second-order valence-electron chi connectivity index (χ2n) is 3.92. The number of carboxylic acids is 1. The summed E-state index contributed by atoms with van der Waals surface area (Å²) in [5, 5.41) is 8.80. The largest absolute Gasteiger partial charge is 0.481 e. The Hall–Kier alpha value is -1.60. The van der Waals surface area contributed by atoms with E-state index in [-0.39, 0.29) is 6.42 Å². The lowest BCUT2D eigenvalue weighted by Crippen LogP contribution is -2.35. The van der Waals surface area contributed by atoms with E-state index in [0.29, 0.717) is 24.3 Å². The Morgan fingerprint density at radius 2 is 1.84 bits per heavy atom. The molecule has 0 bridgehead atoms. The van der Waals surface area contributed by atoms with Crippen molar-refractivity contribution in [2.75, 3.05) is 17.8 Å². The van der Waals surface area contributed by atoms with E-state index in [1.165, 1.54) is 4.31 Å². The maximum Gasteiger partial charge on any atom is 0.307 e. The van der Waals surface area contributed by atoms with Gasteiger partial charge in [-0.1, -0.05) is 32.0 Å². The normalized spacial score (nSPS) is 11.5. The Balaban J connectivity index is 3.02. The van der Waals surface area contributed by atoms with Gasteiger partial charge in [-0.2, -0.15) is 12.7 Å². The molecule has 0 fully saturated rings. The first-order valence-electron chi connectivity index (χ1n) is 5.98. The van der Waals surface area contributed by atoms with E-state index in [4.69, 9.17) is 5.11 Å². The van der Waals surface area contributed by atoms with Crippen LogP contribution in [0.5, 0.6) is 0 Å². The van der Waals surface area contributed by atoms with Crippen LogP contribution in [-0.2, 0) is 21.4 Å². The van der Waals surface area contributed by atoms with E-state index in [9.17, 15) is 13.2 Å². The molecule has 0 spiro atoms. The summed E-state index contributed by atoms with van der Waals surface area (Å²) in [4.78, 5) is 10.7. The Bertz CT molecular complexity index is 538. The summed E-state index contributed by atoms with van der Waals surface area (Å²) < 4.78 is 27.8. The molecule has 2 N–H and O–H groups in total. The van der Waals surface area contributed by atoms with Crippen molar-refractivity contribution in [2.45, 2.75) is 20.3 Å². The van der Waals surface area contributed by atoms with Crippen LogP contribution in [0.25, 0.3) is 0 Å². The van der Waals surface area contributed by atoms with Crippen molar-refractivity contribution in [3.8, 4) is 0 Å². The first-order chi connectivity index (χ1) is 8.90. The van der Waals surface area contributed by atoms with Gasteiger partial charge in [0.1, 0.15) is 0 Å². The van der Waals surface area contributed by atoms with Gasteiger partial charge in [0.05, 0.1) is 12.1 Å². The lowest BCUT2D eigenvalue weighted by molar-refractivity contribution is -0.136. The van der Waals surface area contributed by atoms with Crippen molar-refractivity contribution in [2.24, 2.45) is 0 Å². The first kappa shape index (κ1) is 15.5. The number of aliphatic carboxylic acids is 1. The third kappa shape index (κ3) is 4.22. The van der Waals surface area contributed by atoms with Crippen LogP contribution in [-0.4, -0.2) is 36.9 Å². The number of carbonyl (C=O) groups is 1. The minimum absolute atomic E-state index is 0.225. The third-order valence-corrected chi connectivity index (χ3v) is 4.32. The molecule has 1 aromatic carbocycles. The number of hydrogen-bond acceptors (Lipinski definition) is 3. The Labute approximate surface area is 113 Å². The summed E-state index contributed by atoms with van der Waals surface area (Å²) in [5.74, 6) is -1.01. The van der Waals surface area contributed by atoms with E-state index in [1.54, 1.807) is 38.1 Å². The summed E-state index contributed by atoms with van der Waals surface area (Å²) >= 11 is 0. The van der Waals surface area contributed by atoms with E-state index in [1.807, 2.05) is 0 Å². The molecule has 6 nitrogen and oxygen atoms in total. The van der Waals surface area contributed by atoms with Crippen molar-refractivity contribution in [1.82, 2.24) is 4.31 Å². The first-order valence-corrected chi connectivity index (χ1v) is 7.42. The molecular weight excluding hydrogens is 268 g/mol. The Kier molecular flexibility index (Phi) is 5.31. The van der Waals surface area contributed by atoms with Gasteiger partial charge in [0.25, 0.3) is 0 Å². The van der Waals surface area contributed by atoms with E-state index >= 15 is 0 Å². The lowest BCUT2D eigenvalue weighted by atomic mass is 10.1. The minimum Gasteiger partial charge on any atom is -0.481 e. The highest BCUT2D eigenvalue weighted by Crippen LogP contribution is 2.18. The smallest absolute Gasteiger partial charge is 0.307 e. The van der Waals surface area contributed by atoms with E-state index in [0.717, 1.165) is 0 Å². The van der Waals surface area contributed by atoms with Gasteiger partial charge < -0.3 is 5.11 Å². The number of benzene rings is 1. The van der Waals surface area contributed by atoms with Crippen LogP contribution in [0.3, 0.4) is 0 Å². The molecular formula is C12H18N2O4S. The number of rotatable bonds is 7. The van der Waals surface area contributed by atoms with E-state index < -0.39 is 16.2 Å². The van der Waals surface area contributed by atoms with Crippen LogP contribution in [0.2, 0.25) is 0 Å². The predicted molar refractivity (Wildman–Crippen MR) is 73.2 cm³/mol. The minimum atomic E-state index is -3.64. The molecule has 106 valence electrons. The second kappa shape index (κ2) is 6.53. The Morgan fingerprint density at radius 1 is 1.26 bits per heavy atom. The molecule has 0 amide bonds. The molecule has 0 unspecified atom stereocenters. The highest BCUT2D eigenvalue weighted by molar-refractivity contribution is 7.90. The van der Waals surface area contributed by atoms with Crippen LogP contribution in [0, 0.1) is 0 Å². The van der Waals surface area contributed by atoms with Crippen LogP contribution < -0.4 is 4.72 Å². The maximum absolute atomic E-state index is 12.1. The zero-order valence-corrected chi connectivity index (χ0v) is 11.8. The molecule has 1 aromatic rings. The Morgan fingerprint density at radius 3 is 2.37 bits per heavy atom. The number of nitrogens with zero attached hydrogens (tertiary/aromatic N) is 1. The van der Waals surface area contributed by atoms with Gasteiger partial charge >= 0.3 is 16.2 Å². The van der Waals surface area contributed by atoms with Crippen molar-refractivity contribution in [1.29, 1.82) is 0 Å². The van der Waals surface area contributed by atoms with Crippen LogP contribution in [0.1, 0.15) is 19.4 Å². The number of nitrogens with one attached hydrogen (secondary N) is 1. The molecule has 1 rings (SSSR count). The molecule has 0 heterocycles. The summed E-state index contributed by atoms with van der Waals surface area (Å²) in [5.41, 5.74) is 0.738. The van der Waals surface area contributed by atoms with Gasteiger partial charge in [0.15, 0.2) is 0 Å². The van der Waals surface area contributed by atoms with E-state index in [2.05, 4.69) is 4.72 Å². The molecule has 0 saturated heterocycles. The van der Waals surface area contributed by atoms with Gasteiger partial charge in [-0.05, 0) is 11.6 Å². The quantitative estimate of drug-likeness (QED) is 0.791. The van der Waals surface area contributed by atoms with Crippen molar-refractivity contribution in [3.05, 3.63) is 29.8 Å². The average Bonchev–Trinajstić information content (AvgIpc) is 2.32. The van der Waals surface area contributed by atoms with Gasteiger partial charge in [-0.15, -0.1) is 0 Å². The molecule has 0 atom stereocenters. The van der Waals surface area contributed by atoms with Gasteiger partial charge in [-0.25, -0.2) is 0 Å². The number of anilines is 1. The SMILES string of the molecule is CCN(CC)S(=O)(=O)Nc1ccccc1CC(=O)O. The fourth-order valence-electron chi connectivity index (χ4n) is 1.70. The highest BCUT2D eigenvalue weighted by atomic mass is 32.2. The van der Waals surface area contributed by atoms with Gasteiger partial charge in [-0.3, -0.25) is 9.52 Å². The molecule has 0 radical (unpaired) electrons. The number of carboxylic acid groups (broad SMARTS) is 1. The monoisotopic (exact) mass is 286 g/mol. The standard InChI is InChI=1S/C12H18N2O4S/c1-3-14(4-2)19(17,18)13-11-8-6-5-7-10(11)9-12(15)16/h5-8,13H,3-4,9H2,1-2H3,(H,15,16). The maximum atomic E-state index is 12.1. The van der Waals surface area contributed by atoms with Crippen molar-refractivity contribution >= 4 is 21.9 Å². The average molecular weight is 286 g/mol. The van der Waals surface area contributed by atoms with Crippen molar-refractivity contribution in [3.63, 3.8) is 0 Å². The van der Waals surface area contributed by atoms with Crippen molar-refractivity contribution < 1.29 is 18.3 Å². The summed E-state index contributed by atoms with van der Waals surface area (Å²) in [6.45, 7) is 4.19. The predicted octanol–water partition coefficient (Wildman–Crippen LogP) is 1.31. The molecule has 0 aliphatic heterocycles. The zero-order valence-electron chi connectivity index (χ0n) is 11.0. The topological polar surface area (TPSA) is 86.7 Å². The van der Waals surface area contributed by atoms with Crippen LogP contribution in [0.4, 0.5) is 5.69 Å². The highest BCUT2D eigenvalue weighted by Gasteiger charge is 2.19. The molecule has 0 saturated carbocycles. The lowest BCUT2D eigenvalue weighted by Gasteiger charge is -2.20. The molecule has 0 aliphatic rings. The van der Waals surface area contributed by atoms with Crippen LogP contribution >= 0.6 is 0 Å². The number of para-hydroxylation sites is 1. The molecule has 0 aliphatic carbocycles. The van der Waals surface area contributed by atoms with Gasteiger partial charge in [0.2, 0.25) is 0 Å². The van der Waals surface area contributed by atoms with Crippen LogP contribution in [0.15, 0.2) is 24.3 Å². The van der Waals surface area contributed by atoms with Gasteiger partial charge in [0, 0.05) is 13.1 Å².